The van der Waals surface area contributed by atoms with Crippen LogP contribution in [0.2, 0.25) is 0 Å². The maximum atomic E-state index is 13.0. The molecule has 0 aliphatic rings. The molecule has 6 heteroatoms. The molecule has 0 aliphatic heterocycles. The van der Waals surface area contributed by atoms with Gasteiger partial charge in [0.25, 0.3) is 0 Å². The van der Waals surface area contributed by atoms with E-state index in [1.807, 2.05) is 37.2 Å². The van der Waals surface area contributed by atoms with Gasteiger partial charge in [-0.15, -0.1) is 11.8 Å². The first-order valence-corrected chi connectivity index (χ1v) is 11.2. The Labute approximate surface area is 175 Å². The van der Waals surface area contributed by atoms with E-state index in [-0.39, 0.29) is 5.91 Å². The second kappa shape index (κ2) is 9.54. The highest BCUT2D eigenvalue weighted by Gasteiger charge is 2.20. The molecule has 28 heavy (non-hydrogen) atoms. The van der Waals surface area contributed by atoms with Crippen molar-refractivity contribution in [2.75, 3.05) is 37.8 Å². The van der Waals surface area contributed by atoms with Gasteiger partial charge in [0.05, 0.1) is 10.2 Å². The Hall–Kier alpha value is -1.89. The van der Waals surface area contributed by atoms with E-state index in [9.17, 15) is 4.79 Å². The molecule has 3 rings (SSSR count). The molecule has 0 bridgehead atoms. The molecule has 3 aromatic rings. The summed E-state index contributed by atoms with van der Waals surface area (Å²) >= 11 is 3.34. The van der Waals surface area contributed by atoms with Crippen molar-refractivity contribution >= 4 is 44.4 Å². The van der Waals surface area contributed by atoms with Crippen LogP contribution in [0, 0.1) is 13.8 Å². The van der Waals surface area contributed by atoms with Gasteiger partial charge in [-0.05, 0) is 57.3 Å². The van der Waals surface area contributed by atoms with Crippen LogP contribution in [0.25, 0.3) is 10.2 Å². The first kappa shape index (κ1) is 20.8. The number of hydrogen-bond donors (Lipinski definition) is 0. The average Bonchev–Trinajstić information content (AvgIpc) is 3.06. The van der Waals surface area contributed by atoms with Crippen LogP contribution >= 0.6 is 23.1 Å². The second-order valence-corrected chi connectivity index (χ2v) is 9.33. The fraction of sp³-hybridized carbons (Fsp3) is 0.364. The summed E-state index contributed by atoms with van der Waals surface area (Å²) in [4.78, 5) is 23.0. The van der Waals surface area contributed by atoms with E-state index in [0.29, 0.717) is 13.0 Å². The molecular weight excluding hydrogens is 386 g/mol. The molecule has 0 unspecified atom stereocenters. The zero-order valence-electron chi connectivity index (χ0n) is 16.9. The van der Waals surface area contributed by atoms with Crippen molar-refractivity contribution in [1.82, 2.24) is 9.88 Å². The van der Waals surface area contributed by atoms with Gasteiger partial charge in [-0.3, -0.25) is 9.69 Å². The third-order valence-electron chi connectivity index (χ3n) is 4.44. The van der Waals surface area contributed by atoms with E-state index in [1.54, 1.807) is 23.1 Å². The van der Waals surface area contributed by atoms with E-state index >= 15 is 0 Å². The van der Waals surface area contributed by atoms with Crippen molar-refractivity contribution in [3.05, 3.63) is 53.6 Å². The fourth-order valence-electron chi connectivity index (χ4n) is 3.02. The van der Waals surface area contributed by atoms with E-state index < -0.39 is 0 Å². The molecule has 0 saturated carbocycles. The Morgan fingerprint density at radius 2 is 1.86 bits per heavy atom. The number of likely N-dealkylation sites (N-methyl/N-ethyl adjacent to an activating group) is 1. The lowest BCUT2D eigenvalue weighted by Gasteiger charge is -2.22. The number of amides is 1. The van der Waals surface area contributed by atoms with Gasteiger partial charge >= 0.3 is 0 Å². The normalized spacial score (nSPS) is 11.3. The number of aromatic nitrogens is 1. The number of carbonyl (C=O) groups excluding carboxylic acids is 1. The predicted molar refractivity (Wildman–Crippen MR) is 122 cm³/mol. The molecule has 0 spiro atoms. The summed E-state index contributed by atoms with van der Waals surface area (Å²) in [5.74, 6) is 0.906. The molecular formula is C22H27N3OS2. The van der Waals surface area contributed by atoms with Gasteiger partial charge in [0.1, 0.15) is 0 Å². The van der Waals surface area contributed by atoms with Gasteiger partial charge in [0.15, 0.2) is 5.13 Å². The highest BCUT2D eigenvalue weighted by Crippen LogP contribution is 2.32. The molecule has 0 fully saturated rings. The van der Waals surface area contributed by atoms with Gasteiger partial charge in [-0.25, -0.2) is 4.98 Å². The van der Waals surface area contributed by atoms with E-state index in [2.05, 4.69) is 43.0 Å². The number of aryl methyl sites for hydroxylation is 2. The lowest BCUT2D eigenvalue weighted by atomic mass is 10.1. The third kappa shape index (κ3) is 5.34. The molecule has 4 nitrogen and oxygen atoms in total. The number of fused-ring (bicyclic) bond motifs is 1. The molecule has 0 aliphatic carbocycles. The number of anilines is 1. The summed E-state index contributed by atoms with van der Waals surface area (Å²) in [6.07, 6.45) is 0.501. The molecule has 2 aromatic carbocycles. The molecule has 0 radical (unpaired) electrons. The summed E-state index contributed by atoms with van der Waals surface area (Å²) < 4.78 is 1.17. The van der Waals surface area contributed by atoms with Crippen LogP contribution in [-0.4, -0.2) is 48.7 Å². The Balaban J connectivity index is 1.76. The lowest BCUT2D eigenvalue weighted by molar-refractivity contribution is -0.118. The number of rotatable bonds is 8. The number of benzene rings is 2. The molecule has 0 atom stereocenters. The molecule has 0 N–H and O–H groups in total. The molecule has 0 saturated heterocycles. The quantitative estimate of drug-likeness (QED) is 0.488. The van der Waals surface area contributed by atoms with Gasteiger partial charge in [0, 0.05) is 30.2 Å². The zero-order chi connectivity index (χ0) is 20.1. The van der Waals surface area contributed by atoms with Crippen LogP contribution in [0.4, 0.5) is 5.13 Å². The number of hydrogen-bond acceptors (Lipinski definition) is 5. The van der Waals surface area contributed by atoms with Crippen LogP contribution in [0.15, 0.2) is 47.4 Å². The van der Waals surface area contributed by atoms with Crippen LogP contribution in [0.1, 0.15) is 17.5 Å². The van der Waals surface area contributed by atoms with Crippen LogP contribution in [0.5, 0.6) is 0 Å². The van der Waals surface area contributed by atoms with Gasteiger partial charge in [-0.2, -0.15) is 0 Å². The third-order valence-corrected chi connectivity index (χ3v) is 6.68. The monoisotopic (exact) mass is 413 g/mol. The lowest BCUT2D eigenvalue weighted by Crippen LogP contribution is -2.36. The minimum absolute atomic E-state index is 0.138. The minimum atomic E-state index is 0.138. The zero-order valence-corrected chi connectivity index (χ0v) is 18.6. The summed E-state index contributed by atoms with van der Waals surface area (Å²) in [5.41, 5.74) is 3.41. The topological polar surface area (TPSA) is 36.4 Å². The Kier molecular flexibility index (Phi) is 7.10. The summed E-state index contributed by atoms with van der Waals surface area (Å²) in [6, 6.07) is 14.5. The summed E-state index contributed by atoms with van der Waals surface area (Å²) in [7, 11) is 4.06. The number of carbonyl (C=O) groups is 1. The first-order chi connectivity index (χ1) is 13.4. The second-order valence-electron chi connectivity index (χ2n) is 7.19. The largest absolute Gasteiger partial charge is 0.308 e. The SMILES string of the molecule is Cc1cc(C)c2sc(N(CCN(C)C)C(=O)CCSc3ccccc3)nc2c1. The van der Waals surface area contributed by atoms with E-state index in [0.717, 1.165) is 22.9 Å². The van der Waals surface area contributed by atoms with Crippen LogP contribution in [-0.2, 0) is 4.79 Å². The standard InChI is InChI=1S/C22H27N3OS2/c1-16-14-17(2)21-19(15-16)23-22(28-21)25(12-11-24(3)4)20(26)10-13-27-18-8-6-5-7-9-18/h5-9,14-15H,10-13H2,1-4H3. The van der Waals surface area contributed by atoms with Crippen molar-refractivity contribution < 1.29 is 4.79 Å². The number of nitrogens with zero attached hydrogens (tertiary/aromatic N) is 3. The molecule has 1 amide bonds. The maximum absolute atomic E-state index is 13.0. The fourth-order valence-corrected chi connectivity index (χ4v) is 4.94. The number of thiazole rings is 1. The van der Waals surface area contributed by atoms with Crippen molar-refractivity contribution in [3.63, 3.8) is 0 Å². The van der Waals surface area contributed by atoms with E-state index in [1.165, 1.54) is 20.7 Å². The van der Waals surface area contributed by atoms with E-state index in [4.69, 9.17) is 4.98 Å². The van der Waals surface area contributed by atoms with Crippen LogP contribution in [0.3, 0.4) is 0 Å². The van der Waals surface area contributed by atoms with Crippen molar-refractivity contribution in [3.8, 4) is 0 Å². The summed E-state index contributed by atoms with van der Waals surface area (Å²) in [6.45, 7) is 5.66. The summed E-state index contributed by atoms with van der Waals surface area (Å²) in [5, 5.41) is 0.806. The Bertz CT molecular complexity index is 938. The molecule has 148 valence electrons. The molecule has 1 heterocycles. The highest BCUT2D eigenvalue weighted by molar-refractivity contribution is 7.99. The van der Waals surface area contributed by atoms with Gasteiger partial charge < -0.3 is 4.90 Å². The van der Waals surface area contributed by atoms with Gasteiger partial charge in [-0.1, -0.05) is 35.6 Å². The Morgan fingerprint density at radius 3 is 2.57 bits per heavy atom. The van der Waals surface area contributed by atoms with Crippen LogP contribution < -0.4 is 4.90 Å². The van der Waals surface area contributed by atoms with Crippen molar-refractivity contribution in [2.24, 2.45) is 0 Å². The average molecular weight is 414 g/mol. The van der Waals surface area contributed by atoms with Gasteiger partial charge in [0.2, 0.25) is 5.91 Å². The first-order valence-electron chi connectivity index (χ1n) is 9.45. The van der Waals surface area contributed by atoms with Crippen molar-refractivity contribution in [2.45, 2.75) is 25.2 Å². The van der Waals surface area contributed by atoms with Crippen molar-refractivity contribution in [1.29, 1.82) is 0 Å². The Morgan fingerprint density at radius 1 is 1.11 bits per heavy atom. The molecule has 1 aromatic heterocycles. The predicted octanol–water partition coefficient (Wildman–Crippen LogP) is 4.99. The minimum Gasteiger partial charge on any atom is -0.308 e. The highest BCUT2D eigenvalue weighted by atomic mass is 32.2. The number of thioether (sulfide) groups is 1. The maximum Gasteiger partial charge on any atom is 0.229 e. The smallest absolute Gasteiger partial charge is 0.229 e.